The van der Waals surface area contributed by atoms with Crippen molar-refractivity contribution in [1.82, 2.24) is 0 Å². The van der Waals surface area contributed by atoms with Crippen molar-refractivity contribution in [3.05, 3.63) is 35.9 Å². The Hall–Kier alpha value is -0.490. The standard InChI is InChI=1S/C11H10Br2F2O2/c12-9(6-11(13,14)15)7-17-10(16)8-4-2-1-3-5-8/h1-5,9H,6-7H2. The van der Waals surface area contributed by atoms with Gasteiger partial charge in [-0.3, -0.25) is 0 Å². The van der Waals surface area contributed by atoms with Crippen LogP contribution in [0.5, 0.6) is 0 Å². The molecule has 0 saturated heterocycles. The maximum Gasteiger partial charge on any atom is 0.338 e. The summed E-state index contributed by atoms with van der Waals surface area (Å²) in [6.07, 6.45) is -0.449. The molecular weight excluding hydrogens is 362 g/mol. The Bertz CT molecular complexity index is 365. The summed E-state index contributed by atoms with van der Waals surface area (Å²) in [7, 11) is 0. The van der Waals surface area contributed by atoms with Gasteiger partial charge in [0.1, 0.15) is 6.61 Å². The lowest BCUT2D eigenvalue weighted by Crippen LogP contribution is -2.20. The number of halogens is 4. The largest absolute Gasteiger partial charge is 0.461 e. The van der Waals surface area contributed by atoms with Crippen LogP contribution in [0.1, 0.15) is 16.8 Å². The first-order valence-electron chi connectivity index (χ1n) is 4.81. The average Bonchev–Trinajstić information content (AvgIpc) is 2.25. The molecule has 6 heteroatoms. The molecule has 0 heterocycles. The lowest BCUT2D eigenvalue weighted by atomic mass is 10.2. The molecule has 0 aliphatic carbocycles. The minimum Gasteiger partial charge on any atom is -0.461 e. The summed E-state index contributed by atoms with van der Waals surface area (Å²) >= 11 is 5.25. The van der Waals surface area contributed by atoms with Crippen molar-refractivity contribution in [1.29, 1.82) is 0 Å². The van der Waals surface area contributed by atoms with Gasteiger partial charge in [0.2, 0.25) is 0 Å². The van der Waals surface area contributed by atoms with Crippen LogP contribution in [0.4, 0.5) is 8.78 Å². The first-order valence-corrected chi connectivity index (χ1v) is 6.52. The highest BCUT2D eigenvalue weighted by molar-refractivity contribution is 9.10. The number of esters is 1. The van der Waals surface area contributed by atoms with Crippen LogP contribution in [0.25, 0.3) is 0 Å². The predicted molar refractivity (Wildman–Crippen MR) is 67.9 cm³/mol. The second kappa shape index (κ2) is 6.44. The zero-order valence-electron chi connectivity index (χ0n) is 8.71. The normalized spacial score (nSPS) is 13.2. The van der Waals surface area contributed by atoms with Crippen LogP contribution in [-0.4, -0.2) is 22.2 Å². The Morgan fingerprint density at radius 2 is 1.94 bits per heavy atom. The molecule has 2 nitrogen and oxygen atoms in total. The lowest BCUT2D eigenvalue weighted by Gasteiger charge is -2.14. The van der Waals surface area contributed by atoms with Crippen molar-refractivity contribution in [3.63, 3.8) is 0 Å². The van der Waals surface area contributed by atoms with Crippen molar-refractivity contribution in [3.8, 4) is 0 Å². The molecule has 0 bridgehead atoms. The molecule has 17 heavy (non-hydrogen) atoms. The van der Waals surface area contributed by atoms with E-state index in [9.17, 15) is 13.6 Å². The third kappa shape index (κ3) is 6.12. The number of carbonyl (C=O) groups excluding carboxylic acids is 1. The first-order chi connectivity index (χ1) is 7.88. The van der Waals surface area contributed by atoms with Crippen LogP contribution in [0.15, 0.2) is 30.3 Å². The maximum atomic E-state index is 12.6. The minimum absolute atomic E-state index is 0.102. The summed E-state index contributed by atoms with van der Waals surface area (Å²) in [5.74, 6) is -0.520. The van der Waals surface area contributed by atoms with Gasteiger partial charge in [0.15, 0.2) is 0 Å². The highest BCUT2D eigenvalue weighted by Crippen LogP contribution is 2.30. The summed E-state index contributed by atoms with van der Waals surface area (Å²) < 4.78 is 30.0. The Labute approximate surface area is 115 Å². The molecule has 1 atom stereocenters. The Kier molecular flexibility index (Phi) is 5.52. The molecule has 1 aromatic rings. The Morgan fingerprint density at radius 3 is 2.47 bits per heavy atom. The molecule has 1 aromatic carbocycles. The van der Waals surface area contributed by atoms with E-state index in [1.54, 1.807) is 30.3 Å². The van der Waals surface area contributed by atoms with Gasteiger partial charge in [0, 0.05) is 6.42 Å². The molecule has 0 fully saturated rings. The molecule has 0 N–H and O–H groups in total. The molecule has 0 saturated carbocycles. The van der Waals surface area contributed by atoms with Crippen LogP contribution in [0.3, 0.4) is 0 Å². The van der Waals surface area contributed by atoms with E-state index in [-0.39, 0.29) is 6.61 Å². The van der Waals surface area contributed by atoms with Crippen molar-refractivity contribution in [2.24, 2.45) is 0 Å². The summed E-state index contributed by atoms with van der Waals surface area (Å²) in [5, 5.41) is 0. The number of rotatable bonds is 5. The van der Waals surface area contributed by atoms with Gasteiger partial charge in [-0.05, 0) is 28.1 Å². The van der Waals surface area contributed by atoms with Gasteiger partial charge in [-0.2, -0.15) is 8.78 Å². The third-order valence-electron chi connectivity index (χ3n) is 1.86. The predicted octanol–water partition coefficient (Wildman–Crippen LogP) is 3.98. The highest BCUT2D eigenvalue weighted by atomic mass is 79.9. The highest BCUT2D eigenvalue weighted by Gasteiger charge is 2.28. The molecule has 94 valence electrons. The average molecular weight is 372 g/mol. The zero-order chi connectivity index (χ0) is 12.9. The minimum atomic E-state index is -2.96. The van der Waals surface area contributed by atoms with E-state index in [0.29, 0.717) is 5.56 Å². The summed E-state index contributed by atoms with van der Waals surface area (Å²) in [6.45, 7) is -0.102. The van der Waals surface area contributed by atoms with Gasteiger partial charge in [-0.1, -0.05) is 34.1 Å². The number of hydrogen-bond donors (Lipinski definition) is 0. The fraction of sp³-hybridized carbons (Fsp3) is 0.364. The number of ether oxygens (including phenoxy) is 1. The molecule has 0 aromatic heterocycles. The Balaban J connectivity index is 2.39. The van der Waals surface area contributed by atoms with Crippen molar-refractivity contribution in [2.75, 3.05) is 6.61 Å². The number of benzene rings is 1. The topological polar surface area (TPSA) is 26.3 Å². The monoisotopic (exact) mass is 370 g/mol. The van der Waals surface area contributed by atoms with Gasteiger partial charge in [0.25, 0.3) is 0 Å². The Morgan fingerprint density at radius 1 is 1.35 bits per heavy atom. The fourth-order valence-corrected chi connectivity index (χ4v) is 2.50. The smallest absolute Gasteiger partial charge is 0.338 e. The van der Waals surface area contributed by atoms with Gasteiger partial charge >= 0.3 is 10.8 Å². The number of hydrogen-bond acceptors (Lipinski definition) is 2. The quantitative estimate of drug-likeness (QED) is 0.578. The van der Waals surface area contributed by atoms with E-state index in [4.69, 9.17) is 4.74 Å². The molecule has 0 aliphatic heterocycles. The van der Waals surface area contributed by atoms with Gasteiger partial charge in [-0.25, -0.2) is 4.79 Å². The molecule has 0 spiro atoms. The summed E-state index contributed by atoms with van der Waals surface area (Å²) in [5.41, 5.74) is 0.401. The summed E-state index contributed by atoms with van der Waals surface area (Å²) in [4.78, 5) is 7.92. The van der Waals surface area contributed by atoms with E-state index < -0.39 is 22.0 Å². The molecule has 1 rings (SSSR count). The maximum absolute atomic E-state index is 12.6. The first kappa shape index (κ1) is 14.6. The van der Waals surface area contributed by atoms with E-state index in [1.807, 2.05) is 0 Å². The van der Waals surface area contributed by atoms with Crippen molar-refractivity contribution in [2.45, 2.75) is 16.1 Å². The molecule has 0 radical (unpaired) electrons. The van der Waals surface area contributed by atoms with E-state index in [2.05, 4.69) is 31.9 Å². The van der Waals surface area contributed by atoms with Crippen molar-refractivity contribution < 1.29 is 18.3 Å². The molecule has 0 aliphatic rings. The number of alkyl halides is 4. The zero-order valence-corrected chi connectivity index (χ0v) is 11.9. The van der Waals surface area contributed by atoms with E-state index in [1.165, 1.54) is 0 Å². The van der Waals surface area contributed by atoms with Crippen LogP contribution in [0, 0.1) is 0 Å². The second-order valence-corrected chi connectivity index (χ2v) is 5.84. The van der Waals surface area contributed by atoms with Crippen molar-refractivity contribution >= 4 is 37.8 Å². The van der Waals surface area contributed by atoms with E-state index in [0.717, 1.165) is 0 Å². The van der Waals surface area contributed by atoms with Gasteiger partial charge < -0.3 is 4.74 Å². The molecule has 0 amide bonds. The van der Waals surface area contributed by atoms with Crippen LogP contribution < -0.4 is 0 Å². The summed E-state index contributed by atoms with van der Waals surface area (Å²) in [6, 6.07) is 8.38. The molecular formula is C11H10Br2F2O2. The van der Waals surface area contributed by atoms with Crippen LogP contribution in [0.2, 0.25) is 0 Å². The lowest BCUT2D eigenvalue weighted by molar-refractivity contribution is 0.0457. The van der Waals surface area contributed by atoms with Gasteiger partial charge in [0.05, 0.1) is 10.4 Å². The van der Waals surface area contributed by atoms with Crippen LogP contribution >= 0.6 is 31.9 Å². The molecule has 1 unspecified atom stereocenters. The second-order valence-electron chi connectivity index (χ2n) is 3.38. The van der Waals surface area contributed by atoms with E-state index >= 15 is 0 Å². The number of carbonyl (C=O) groups is 1. The van der Waals surface area contributed by atoms with Crippen LogP contribution in [-0.2, 0) is 4.74 Å². The SMILES string of the molecule is O=C(OCC(Br)CC(F)(F)Br)c1ccccc1. The third-order valence-corrected chi connectivity index (χ3v) is 2.77. The van der Waals surface area contributed by atoms with Gasteiger partial charge in [-0.15, -0.1) is 0 Å². The fourth-order valence-electron chi connectivity index (χ4n) is 1.13.